The van der Waals surface area contributed by atoms with Crippen LogP contribution < -0.4 is 10.6 Å². The molecule has 0 aliphatic carbocycles. The molecular weight excluding hydrogens is 257 g/mol. The molecule has 0 saturated carbocycles. The van der Waals surface area contributed by atoms with Crippen molar-refractivity contribution in [3.8, 4) is 0 Å². The van der Waals surface area contributed by atoms with Gasteiger partial charge in [-0.2, -0.15) is 0 Å². The van der Waals surface area contributed by atoms with Gasteiger partial charge in [-0.3, -0.25) is 5.32 Å². The summed E-state index contributed by atoms with van der Waals surface area (Å²) in [6.45, 7) is 3.48. The van der Waals surface area contributed by atoms with Gasteiger partial charge in [0.05, 0.1) is 5.54 Å². The predicted molar refractivity (Wildman–Crippen MR) is 75.8 cm³/mol. The van der Waals surface area contributed by atoms with Crippen molar-refractivity contribution in [2.24, 2.45) is 0 Å². The number of nitrogens with one attached hydrogen (secondary N) is 2. The second-order valence-corrected chi connectivity index (χ2v) is 4.90. The summed E-state index contributed by atoms with van der Waals surface area (Å²) in [7, 11) is 0. The zero-order valence-electron chi connectivity index (χ0n) is 11.4. The molecule has 0 radical (unpaired) electrons. The van der Waals surface area contributed by atoms with E-state index in [1.54, 1.807) is 56.4 Å². The number of hydrogen-bond acceptors (Lipinski definition) is 2. The molecular formula is C15H16FN3O. The molecule has 0 unspecified atom stereocenters. The largest absolute Gasteiger partial charge is 0.329 e. The van der Waals surface area contributed by atoms with E-state index in [1.807, 2.05) is 0 Å². The summed E-state index contributed by atoms with van der Waals surface area (Å²) in [5, 5.41) is 5.34. The fraction of sp³-hybridized carbons (Fsp3) is 0.200. The number of carbonyl (C=O) groups is 1. The molecule has 0 aliphatic heterocycles. The van der Waals surface area contributed by atoms with Gasteiger partial charge in [0, 0.05) is 11.8 Å². The Morgan fingerprint density at radius 1 is 1.15 bits per heavy atom. The predicted octanol–water partition coefficient (Wildman–Crippen LogP) is 3.28. The minimum absolute atomic E-state index is 0.351. The molecule has 0 spiro atoms. The van der Waals surface area contributed by atoms with Crippen LogP contribution in [0.25, 0.3) is 0 Å². The number of nitrogens with zero attached hydrogens (tertiary/aromatic N) is 1. The lowest BCUT2D eigenvalue weighted by Gasteiger charge is -2.27. The molecule has 0 atom stereocenters. The second-order valence-electron chi connectivity index (χ2n) is 4.90. The Bertz CT molecular complexity index is 599. The van der Waals surface area contributed by atoms with Gasteiger partial charge in [-0.25, -0.2) is 14.2 Å². The normalized spacial score (nSPS) is 10.9. The van der Waals surface area contributed by atoms with Crippen LogP contribution in [0.4, 0.5) is 15.0 Å². The minimum Gasteiger partial charge on any atom is -0.329 e. The van der Waals surface area contributed by atoms with Crippen LogP contribution in [0.15, 0.2) is 48.7 Å². The number of rotatable bonds is 3. The van der Waals surface area contributed by atoms with Crippen LogP contribution in [0.3, 0.4) is 0 Å². The van der Waals surface area contributed by atoms with E-state index >= 15 is 0 Å². The zero-order chi connectivity index (χ0) is 14.6. The minimum atomic E-state index is -0.829. The molecule has 1 heterocycles. The van der Waals surface area contributed by atoms with Crippen LogP contribution in [0.2, 0.25) is 0 Å². The van der Waals surface area contributed by atoms with Crippen molar-refractivity contribution in [3.63, 3.8) is 0 Å². The number of benzene rings is 1. The van der Waals surface area contributed by atoms with Gasteiger partial charge >= 0.3 is 6.03 Å². The van der Waals surface area contributed by atoms with E-state index in [4.69, 9.17) is 0 Å². The molecule has 0 bridgehead atoms. The van der Waals surface area contributed by atoms with Gasteiger partial charge < -0.3 is 5.32 Å². The van der Waals surface area contributed by atoms with Crippen LogP contribution in [0.1, 0.15) is 19.4 Å². The monoisotopic (exact) mass is 273 g/mol. The first-order valence-electron chi connectivity index (χ1n) is 6.24. The molecule has 104 valence electrons. The average molecular weight is 273 g/mol. The first-order chi connectivity index (χ1) is 9.49. The molecule has 20 heavy (non-hydrogen) atoms. The maximum absolute atomic E-state index is 13.8. The zero-order valence-corrected chi connectivity index (χ0v) is 11.4. The van der Waals surface area contributed by atoms with Crippen LogP contribution in [-0.4, -0.2) is 11.0 Å². The summed E-state index contributed by atoms with van der Waals surface area (Å²) in [6.07, 6.45) is 1.58. The van der Waals surface area contributed by atoms with E-state index in [9.17, 15) is 9.18 Å². The van der Waals surface area contributed by atoms with Gasteiger partial charge in [0.1, 0.15) is 11.6 Å². The van der Waals surface area contributed by atoms with E-state index in [0.717, 1.165) is 0 Å². The van der Waals surface area contributed by atoms with Gasteiger partial charge in [-0.15, -0.1) is 0 Å². The number of halogens is 1. The summed E-state index contributed by atoms with van der Waals surface area (Å²) >= 11 is 0. The third-order valence-electron chi connectivity index (χ3n) is 2.88. The molecule has 2 rings (SSSR count). The van der Waals surface area contributed by atoms with Crippen molar-refractivity contribution in [2.75, 3.05) is 5.32 Å². The number of hydrogen-bond donors (Lipinski definition) is 2. The standard InChI is InChI=1S/C15H16FN3O/c1-15(2,11-7-3-4-8-12(11)16)19-14(20)18-13-9-5-6-10-17-13/h3-10H,1-2H3,(H2,17,18,19,20). The van der Waals surface area contributed by atoms with Crippen molar-refractivity contribution >= 4 is 11.8 Å². The number of carbonyl (C=O) groups excluding carboxylic acids is 1. The lowest BCUT2D eigenvalue weighted by molar-refractivity contribution is 0.241. The first kappa shape index (κ1) is 14.0. The quantitative estimate of drug-likeness (QED) is 0.901. The Balaban J connectivity index is 2.09. The third-order valence-corrected chi connectivity index (χ3v) is 2.88. The second kappa shape index (κ2) is 5.69. The third kappa shape index (κ3) is 3.32. The molecule has 5 heteroatoms. The van der Waals surface area contributed by atoms with Crippen molar-refractivity contribution in [1.82, 2.24) is 10.3 Å². The lowest BCUT2D eigenvalue weighted by Crippen LogP contribution is -2.44. The van der Waals surface area contributed by atoms with Crippen molar-refractivity contribution in [1.29, 1.82) is 0 Å². The van der Waals surface area contributed by atoms with Gasteiger partial charge in [0.15, 0.2) is 0 Å². The Hall–Kier alpha value is -2.43. The number of pyridine rings is 1. The van der Waals surface area contributed by atoms with E-state index in [0.29, 0.717) is 11.4 Å². The molecule has 2 amide bonds. The van der Waals surface area contributed by atoms with Crippen molar-refractivity contribution in [3.05, 3.63) is 60.0 Å². The fourth-order valence-corrected chi connectivity index (χ4v) is 1.90. The van der Waals surface area contributed by atoms with Gasteiger partial charge in [0.25, 0.3) is 0 Å². The average Bonchev–Trinajstić information content (AvgIpc) is 2.39. The van der Waals surface area contributed by atoms with Gasteiger partial charge in [0.2, 0.25) is 0 Å². The lowest BCUT2D eigenvalue weighted by atomic mass is 9.94. The highest BCUT2D eigenvalue weighted by Gasteiger charge is 2.25. The first-order valence-corrected chi connectivity index (χ1v) is 6.24. The highest BCUT2D eigenvalue weighted by molar-refractivity contribution is 5.88. The topological polar surface area (TPSA) is 54.0 Å². The molecule has 0 saturated heterocycles. The van der Waals surface area contributed by atoms with Gasteiger partial charge in [-0.1, -0.05) is 24.3 Å². The Labute approximate surface area is 117 Å². The fourth-order valence-electron chi connectivity index (χ4n) is 1.90. The smallest absolute Gasteiger partial charge is 0.321 e. The molecule has 0 fully saturated rings. The highest BCUT2D eigenvalue weighted by atomic mass is 19.1. The summed E-state index contributed by atoms with van der Waals surface area (Å²) in [6, 6.07) is 11.1. The molecule has 1 aromatic carbocycles. The Morgan fingerprint density at radius 3 is 2.50 bits per heavy atom. The molecule has 0 aliphatic rings. The summed E-state index contributed by atoms with van der Waals surface area (Å²) < 4.78 is 13.8. The van der Waals surface area contributed by atoms with Crippen LogP contribution >= 0.6 is 0 Å². The van der Waals surface area contributed by atoms with Crippen molar-refractivity contribution < 1.29 is 9.18 Å². The van der Waals surface area contributed by atoms with E-state index in [1.165, 1.54) is 6.07 Å². The maximum Gasteiger partial charge on any atom is 0.321 e. The number of urea groups is 1. The summed E-state index contributed by atoms with van der Waals surface area (Å²) in [5.41, 5.74) is -0.402. The maximum atomic E-state index is 13.8. The number of amides is 2. The summed E-state index contributed by atoms with van der Waals surface area (Å²) in [4.78, 5) is 15.9. The SMILES string of the molecule is CC(C)(NC(=O)Nc1ccccn1)c1ccccc1F. The molecule has 2 aromatic rings. The van der Waals surface area contributed by atoms with E-state index in [2.05, 4.69) is 15.6 Å². The van der Waals surface area contributed by atoms with E-state index in [-0.39, 0.29) is 5.82 Å². The van der Waals surface area contributed by atoms with E-state index < -0.39 is 11.6 Å². The van der Waals surface area contributed by atoms with Crippen LogP contribution in [0.5, 0.6) is 0 Å². The summed E-state index contributed by atoms with van der Waals surface area (Å²) in [5.74, 6) is 0.0879. The Kier molecular flexibility index (Phi) is 3.98. The number of aromatic nitrogens is 1. The molecule has 1 aromatic heterocycles. The van der Waals surface area contributed by atoms with Gasteiger partial charge in [-0.05, 0) is 32.0 Å². The van der Waals surface area contributed by atoms with Crippen molar-refractivity contribution in [2.45, 2.75) is 19.4 Å². The number of anilines is 1. The highest BCUT2D eigenvalue weighted by Crippen LogP contribution is 2.22. The molecule has 4 nitrogen and oxygen atoms in total. The Morgan fingerprint density at radius 2 is 1.85 bits per heavy atom. The van der Waals surface area contributed by atoms with Crippen LogP contribution in [-0.2, 0) is 5.54 Å². The van der Waals surface area contributed by atoms with Crippen LogP contribution in [0, 0.1) is 5.82 Å². The molecule has 2 N–H and O–H groups in total.